The fourth-order valence-corrected chi connectivity index (χ4v) is 3.47. The highest BCUT2D eigenvalue weighted by Gasteiger charge is 2.46. The van der Waals surface area contributed by atoms with Crippen molar-refractivity contribution in [3.8, 4) is 0 Å². The van der Waals surface area contributed by atoms with Gasteiger partial charge in [0.2, 0.25) is 0 Å². The molecule has 0 bridgehead atoms. The highest BCUT2D eigenvalue weighted by Crippen LogP contribution is 2.38. The van der Waals surface area contributed by atoms with E-state index in [-0.39, 0.29) is 4.88 Å². The highest BCUT2D eigenvalue weighted by molar-refractivity contribution is 9.10. The van der Waals surface area contributed by atoms with Crippen LogP contribution in [0, 0.1) is 0 Å². The Bertz CT molecular complexity index is 403. The summed E-state index contributed by atoms with van der Waals surface area (Å²) in [5.74, 6) is 0. The van der Waals surface area contributed by atoms with Gasteiger partial charge in [-0.25, -0.2) is 0 Å². The molecule has 1 aromatic rings. The molecule has 1 rings (SSSR count). The van der Waals surface area contributed by atoms with Gasteiger partial charge in [0, 0.05) is 26.1 Å². The molecule has 0 aromatic carbocycles. The summed E-state index contributed by atoms with van der Waals surface area (Å²) >= 11 is 2.30. The highest BCUT2D eigenvalue weighted by atomic mass is 79.9. The van der Waals surface area contributed by atoms with E-state index in [1.165, 1.54) is 6.07 Å². The van der Waals surface area contributed by atoms with E-state index in [0.29, 0.717) is 4.47 Å². The molecule has 1 aromatic heterocycles. The summed E-state index contributed by atoms with van der Waals surface area (Å²) in [6.45, 7) is 4.86. The van der Waals surface area contributed by atoms with Crippen molar-refractivity contribution in [1.82, 2.24) is 4.72 Å². The van der Waals surface area contributed by atoms with Crippen molar-refractivity contribution in [1.29, 1.82) is 0 Å². The number of nitrogens with one attached hydrogen (secondary N) is 1. The summed E-state index contributed by atoms with van der Waals surface area (Å²) in [7, 11) is 0. The van der Waals surface area contributed by atoms with E-state index < -0.39 is 28.3 Å². The molecule has 0 saturated heterocycles. The molecule has 18 heavy (non-hydrogen) atoms. The third-order valence-corrected chi connectivity index (χ3v) is 5.30. The number of halogens is 4. The Morgan fingerprint density at radius 2 is 1.94 bits per heavy atom. The Morgan fingerprint density at radius 3 is 2.28 bits per heavy atom. The van der Waals surface area contributed by atoms with Crippen molar-refractivity contribution in [3.05, 3.63) is 20.8 Å². The molecule has 0 aliphatic rings. The van der Waals surface area contributed by atoms with Gasteiger partial charge in [-0.3, -0.25) is 0 Å². The molecule has 0 saturated carbocycles. The Morgan fingerprint density at radius 1 is 1.39 bits per heavy atom. The number of hydrogen-bond donors (Lipinski definition) is 1. The van der Waals surface area contributed by atoms with E-state index >= 15 is 0 Å². The van der Waals surface area contributed by atoms with Crippen LogP contribution in [0.2, 0.25) is 0 Å². The van der Waals surface area contributed by atoms with Gasteiger partial charge in [-0.2, -0.15) is 13.2 Å². The van der Waals surface area contributed by atoms with E-state index in [2.05, 4.69) is 20.7 Å². The maximum Gasteiger partial charge on any atom is 0.412 e. The quantitative estimate of drug-likeness (QED) is 0.818. The maximum atomic E-state index is 13.0. The third kappa shape index (κ3) is 4.41. The van der Waals surface area contributed by atoms with Gasteiger partial charge >= 0.3 is 6.18 Å². The van der Waals surface area contributed by atoms with Crippen LogP contribution in [0.4, 0.5) is 13.2 Å². The number of rotatable bonds is 3. The van der Waals surface area contributed by atoms with E-state index in [1.54, 1.807) is 26.2 Å². The van der Waals surface area contributed by atoms with Crippen LogP contribution in [0.5, 0.6) is 0 Å². The van der Waals surface area contributed by atoms with Crippen molar-refractivity contribution >= 4 is 38.6 Å². The van der Waals surface area contributed by atoms with Gasteiger partial charge in [0.15, 0.2) is 6.04 Å². The van der Waals surface area contributed by atoms with Gasteiger partial charge in [0.1, 0.15) is 4.75 Å². The first-order valence-electron chi connectivity index (χ1n) is 5.00. The van der Waals surface area contributed by atoms with Crippen molar-refractivity contribution in [2.75, 3.05) is 0 Å². The average molecular weight is 364 g/mol. The number of thiophene rings is 1. The Balaban J connectivity index is 2.95. The van der Waals surface area contributed by atoms with Crippen LogP contribution in [0.15, 0.2) is 15.9 Å². The van der Waals surface area contributed by atoms with Crippen LogP contribution in [-0.4, -0.2) is 15.5 Å². The topological polar surface area (TPSA) is 35.1 Å². The predicted molar refractivity (Wildman–Crippen MR) is 71.8 cm³/mol. The molecule has 1 heterocycles. The average Bonchev–Trinajstić information content (AvgIpc) is 2.57. The normalized spacial score (nSPS) is 16.7. The van der Waals surface area contributed by atoms with Crippen LogP contribution in [0.25, 0.3) is 0 Å². The van der Waals surface area contributed by atoms with Crippen LogP contribution in [0.3, 0.4) is 0 Å². The lowest BCUT2D eigenvalue weighted by Crippen LogP contribution is -2.45. The summed E-state index contributed by atoms with van der Waals surface area (Å²) in [6, 6.07) is -0.524. The predicted octanol–water partition coefficient (Wildman–Crippen LogP) is 4.17. The molecular formula is C10H13BrF3NOS2. The number of hydrogen-bond acceptors (Lipinski definition) is 3. The Labute approximate surface area is 119 Å². The van der Waals surface area contributed by atoms with Crippen molar-refractivity contribution in [3.63, 3.8) is 0 Å². The lowest BCUT2D eigenvalue weighted by atomic mass is 10.2. The standard InChI is InChI=1S/C10H13BrF3NOS2/c1-9(2,3)18(16)15-8(10(12,13)14)7-4-6(11)5-17-7/h4-5,8,15H,1-3H3/t8-,18+/m0/s1. The second kappa shape index (κ2) is 5.70. The van der Waals surface area contributed by atoms with E-state index in [1.807, 2.05) is 0 Å². The summed E-state index contributed by atoms with van der Waals surface area (Å²) in [4.78, 5) is 0.0898. The van der Waals surface area contributed by atoms with Gasteiger partial charge in [0.25, 0.3) is 0 Å². The summed E-state index contributed by atoms with van der Waals surface area (Å²) in [5.41, 5.74) is 0. The summed E-state index contributed by atoms with van der Waals surface area (Å²) < 4.78 is 52.7. The molecular weight excluding hydrogens is 351 g/mol. The molecule has 0 spiro atoms. The first-order chi connectivity index (χ1) is 8.01. The maximum absolute atomic E-state index is 13.0. The van der Waals surface area contributed by atoms with E-state index in [0.717, 1.165) is 11.3 Å². The third-order valence-electron chi connectivity index (χ3n) is 1.98. The summed E-state index contributed by atoms with van der Waals surface area (Å²) in [5, 5.41) is 1.57. The van der Waals surface area contributed by atoms with Gasteiger partial charge in [0.05, 0.1) is 0 Å². The zero-order valence-electron chi connectivity index (χ0n) is 9.97. The van der Waals surface area contributed by atoms with Crippen LogP contribution in [0.1, 0.15) is 31.7 Å². The van der Waals surface area contributed by atoms with Crippen LogP contribution < -0.4 is 4.72 Å². The Hall–Kier alpha value is 0.240. The van der Waals surface area contributed by atoms with E-state index in [9.17, 15) is 17.7 Å². The van der Waals surface area contributed by atoms with Gasteiger partial charge < -0.3 is 4.55 Å². The van der Waals surface area contributed by atoms with Gasteiger partial charge in [-0.05, 0) is 42.8 Å². The SMILES string of the molecule is CC(C)(C)[S@@+]([O-])N[C@@H](c1cc(Br)cs1)C(F)(F)F. The minimum absolute atomic E-state index is 0.0898. The molecule has 0 unspecified atom stereocenters. The fraction of sp³-hybridized carbons (Fsp3) is 0.600. The van der Waals surface area contributed by atoms with Crippen molar-refractivity contribution in [2.45, 2.75) is 37.7 Å². The zero-order chi connectivity index (χ0) is 14.1. The smallest absolute Gasteiger partial charge is 0.412 e. The van der Waals surface area contributed by atoms with Gasteiger partial charge in [-0.1, -0.05) is 0 Å². The molecule has 0 aliphatic heterocycles. The van der Waals surface area contributed by atoms with Crippen molar-refractivity contribution in [2.24, 2.45) is 0 Å². The molecule has 8 heteroatoms. The molecule has 0 radical (unpaired) electrons. The van der Waals surface area contributed by atoms with Gasteiger partial charge in [-0.15, -0.1) is 16.1 Å². The van der Waals surface area contributed by atoms with Crippen LogP contribution in [-0.2, 0) is 11.4 Å². The van der Waals surface area contributed by atoms with E-state index in [4.69, 9.17) is 0 Å². The minimum atomic E-state index is -4.48. The minimum Gasteiger partial charge on any atom is -0.598 e. The molecule has 0 amide bonds. The monoisotopic (exact) mass is 363 g/mol. The molecule has 1 N–H and O–H groups in total. The lowest BCUT2D eigenvalue weighted by Gasteiger charge is -2.28. The lowest BCUT2D eigenvalue weighted by molar-refractivity contribution is -0.152. The largest absolute Gasteiger partial charge is 0.598 e. The number of alkyl halides is 3. The zero-order valence-corrected chi connectivity index (χ0v) is 13.2. The second-order valence-corrected chi connectivity index (χ2v) is 8.50. The fourth-order valence-electron chi connectivity index (χ4n) is 1.05. The summed E-state index contributed by atoms with van der Waals surface area (Å²) in [6.07, 6.45) is -4.48. The molecule has 0 fully saturated rings. The molecule has 2 atom stereocenters. The van der Waals surface area contributed by atoms with Crippen molar-refractivity contribution < 1.29 is 17.7 Å². The first kappa shape index (κ1) is 16.3. The Kier molecular flexibility index (Phi) is 5.16. The van der Waals surface area contributed by atoms with Crippen LogP contribution >= 0.6 is 27.3 Å². The molecule has 0 aliphatic carbocycles. The molecule has 2 nitrogen and oxygen atoms in total. The second-order valence-electron chi connectivity index (χ2n) is 4.64. The molecule has 104 valence electrons. The first-order valence-corrected chi connectivity index (χ1v) is 7.83.